The number of rotatable bonds is 2. The molecule has 1 fully saturated rings. The van der Waals surface area contributed by atoms with E-state index in [1.807, 2.05) is 0 Å². The van der Waals surface area contributed by atoms with E-state index in [1.165, 1.54) is 7.11 Å². The van der Waals surface area contributed by atoms with Gasteiger partial charge < -0.3 is 5.11 Å². The van der Waals surface area contributed by atoms with Crippen LogP contribution in [0.25, 0.3) is 0 Å². The molecule has 0 saturated carbocycles. The highest BCUT2D eigenvalue weighted by Gasteiger charge is 2.44. The van der Waals surface area contributed by atoms with E-state index in [4.69, 9.17) is 14.9 Å². The Morgan fingerprint density at radius 3 is 2.31 bits per heavy atom. The van der Waals surface area contributed by atoms with Crippen LogP contribution < -0.4 is 0 Å². The summed E-state index contributed by atoms with van der Waals surface area (Å²) in [5.74, 6) is -0.170. The maximum absolute atomic E-state index is 10.9. The highest BCUT2D eigenvalue weighted by Crippen LogP contribution is 2.52. The van der Waals surface area contributed by atoms with Gasteiger partial charge in [0, 0.05) is 10.7 Å². The standard InChI is InChI=1S/C5H11ClO5S2/c1-11-12(8)2-4(7)5(3-12)13(6,9)10/h4-5,7-8H,2-3H2,1H3. The quantitative estimate of drug-likeness (QED) is 0.681. The Bertz CT molecular complexity index is 291. The minimum absolute atomic E-state index is 0.0554. The molecule has 1 rings (SSSR count). The van der Waals surface area contributed by atoms with Crippen LogP contribution in [0.3, 0.4) is 0 Å². The zero-order chi connectivity index (χ0) is 10.3. The van der Waals surface area contributed by atoms with Crippen LogP contribution in [-0.4, -0.2) is 48.0 Å². The van der Waals surface area contributed by atoms with Crippen LogP contribution >= 0.6 is 21.3 Å². The summed E-state index contributed by atoms with van der Waals surface area (Å²) in [5.41, 5.74) is 0. The Morgan fingerprint density at radius 2 is 2.08 bits per heavy atom. The van der Waals surface area contributed by atoms with Crippen LogP contribution in [0, 0.1) is 0 Å². The molecule has 3 unspecified atom stereocenters. The summed E-state index contributed by atoms with van der Waals surface area (Å²) < 4.78 is 36.1. The fourth-order valence-electron chi connectivity index (χ4n) is 1.21. The zero-order valence-corrected chi connectivity index (χ0v) is 9.27. The van der Waals surface area contributed by atoms with Crippen LogP contribution in [0.5, 0.6) is 0 Å². The van der Waals surface area contributed by atoms with Gasteiger partial charge in [0.25, 0.3) is 0 Å². The lowest BCUT2D eigenvalue weighted by molar-refractivity contribution is 0.204. The summed E-state index contributed by atoms with van der Waals surface area (Å²) in [5, 5.41) is 8.19. The molecule has 13 heavy (non-hydrogen) atoms. The Hall–Kier alpha value is 0.470. The molecule has 1 aliphatic rings. The predicted octanol–water partition coefficient (Wildman–Crippen LogP) is 0.137. The van der Waals surface area contributed by atoms with Crippen molar-refractivity contribution in [2.24, 2.45) is 0 Å². The van der Waals surface area contributed by atoms with E-state index in [1.54, 1.807) is 0 Å². The zero-order valence-electron chi connectivity index (χ0n) is 6.88. The third kappa shape index (κ3) is 2.48. The topological polar surface area (TPSA) is 83.8 Å². The van der Waals surface area contributed by atoms with Crippen molar-refractivity contribution in [3.8, 4) is 0 Å². The van der Waals surface area contributed by atoms with Crippen LogP contribution in [-0.2, 0) is 13.2 Å². The fraction of sp³-hybridized carbons (Fsp3) is 1.00. The van der Waals surface area contributed by atoms with E-state index in [2.05, 4.69) is 0 Å². The molecule has 1 aliphatic heterocycles. The lowest BCUT2D eigenvalue weighted by Crippen LogP contribution is -2.29. The third-order valence-corrected chi connectivity index (χ3v) is 6.42. The molecule has 5 nitrogen and oxygen atoms in total. The van der Waals surface area contributed by atoms with Gasteiger partial charge in [-0.3, -0.25) is 8.74 Å². The molecular weight excluding hydrogens is 240 g/mol. The first-order chi connectivity index (χ1) is 5.78. The molecular formula is C5H11ClO5S2. The minimum atomic E-state index is -3.83. The number of aliphatic hydroxyl groups is 1. The van der Waals surface area contributed by atoms with Crippen LogP contribution in [0.1, 0.15) is 0 Å². The van der Waals surface area contributed by atoms with Gasteiger partial charge in [0.15, 0.2) is 0 Å². The number of hydrogen-bond donors (Lipinski definition) is 2. The highest BCUT2D eigenvalue weighted by atomic mass is 35.7. The molecule has 0 aromatic heterocycles. The van der Waals surface area contributed by atoms with Crippen molar-refractivity contribution in [3.05, 3.63) is 0 Å². The molecule has 80 valence electrons. The SMILES string of the molecule is COS1(O)CC(O)C(S(=O)(=O)Cl)C1. The first-order valence-electron chi connectivity index (χ1n) is 3.47. The van der Waals surface area contributed by atoms with Crippen molar-refractivity contribution in [3.63, 3.8) is 0 Å². The van der Waals surface area contributed by atoms with Gasteiger partial charge in [-0.1, -0.05) is 0 Å². The van der Waals surface area contributed by atoms with Crippen molar-refractivity contribution in [2.75, 3.05) is 18.6 Å². The highest BCUT2D eigenvalue weighted by molar-refractivity contribution is 8.26. The van der Waals surface area contributed by atoms with E-state index in [0.717, 1.165) is 0 Å². The second-order valence-corrected chi connectivity index (χ2v) is 8.25. The average molecular weight is 251 g/mol. The Balaban J connectivity index is 2.85. The number of aliphatic hydroxyl groups excluding tert-OH is 1. The fourth-order valence-corrected chi connectivity index (χ4v) is 5.83. The van der Waals surface area contributed by atoms with Gasteiger partial charge >= 0.3 is 0 Å². The third-order valence-electron chi connectivity index (χ3n) is 1.96. The van der Waals surface area contributed by atoms with Gasteiger partial charge in [0.2, 0.25) is 9.05 Å². The number of halogens is 1. The van der Waals surface area contributed by atoms with E-state index >= 15 is 0 Å². The smallest absolute Gasteiger partial charge is 0.239 e. The number of hydrogen-bond acceptors (Lipinski definition) is 5. The first-order valence-corrected chi connectivity index (χ1v) is 7.69. The molecule has 3 atom stereocenters. The molecule has 0 aromatic carbocycles. The molecule has 0 spiro atoms. The van der Waals surface area contributed by atoms with Crippen molar-refractivity contribution in [2.45, 2.75) is 11.4 Å². The van der Waals surface area contributed by atoms with E-state index in [0.29, 0.717) is 0 Å². The van der Waals surface area contributed by atoms with E-state index < -0.39 is 31.0 Å². The van der Waals surface area contributed by atoms with Gasteiger partial charge in [0.05, 0.1) is 24.7 Å². The molecule has 1 heterocycles. The molecule has 0 radical (unpaired) electrons. The largest absolute Gasteiger partial charge is 0.390 e. The van der Waals surface area contributed by atoms with Crippen LogP contribution in [0.2, 0.25) is 0 Å². The second-order valence-electron chi connectivity index (χ2n) is 2.85. The summed E-state index contributed by atoms with van der Waals surface area (Å²) in [4.78, 5) is 0. The summed E-state index contributed by atoms with van der Waals surface area (Å²) in [6.07, 6.45) is -1.14. The van der Waals surface area contributed by atoms with Crippen LogP contribution in [0.15, 0.2) is 0 Å². The van der Waals surface area contributed by atoms with E-state index in [-0.39, 0.29) is 11.5 Å². The molecule has 0 bridgehead atoms. The second kappa shape index (κ2) is 3.56. The van der Waals surface area contributed by atoms with E-state index in [9.17, 15) is 18.1 Å². The molecule has 2 N–H and O–H groups in total. The average Bonchev–Trinajstić information content (AvgIpc) is 2.27. The van der Waals surface area contributed by atoms with Gasteiger partial charge in [-0.2, -0.15) is 10.6 Å². The van der Waals surface area contributed by atoms with Crippen molar-refractivity contribution >= 4 is 30.3 Å². The Morgan fingerprint density at radius 1 is 1.54 bits per heavy atom. The van der Waals surface area contributed by atoms with Gasteiger partial charge in [-0.15, -0.1) is 0 Å². The summed E-state index contributed by atoms with van der Waals surface area (Å²) in [6, 6.07) is 0. The lowest BCUT2D eigenvalue weighted by atomic mass is 10.3. The van der Waals surface area contributed by atoms with Crippen molar-refractivity contribution in [1.82, 2.24) is 0 Å². The van der Waals surface area contributed by atoms with Crippen molar-refractivity contribution < 1.29 is 22.3 Å². The van der Waals surface area contributed by atoms with Crippen molar-refractivity contribution in [1.29, 1.82) is 0 Å². The molecule has 0 aromatic rings. The first kappa shape index (κ1) is 11.5. The molecule has 8 heteroatoms. The minimum Gasteiger partial charge on any atom is -0.390 e. The summed E-state index contributed by atoms with van der Waals surface area (Å²) >= 11 is 0. The molecule has 0 aliphatic carbocycles. The van der Waals surface area contributed by atoms with Gasteiger partial charge in [-0.25, -0.2) is 8.42 Å². The predicted molar refractivity (Wildman–Crippen MR) is 51.5 cm³/mol. The van der Waals surface area contributed by atoms with Gasteiger partial charge in [-0.05, 0) is 0 Å². The maximum Gasteiger partial charge on any atom is 0.239 e. The molecule has 1 saturated heterocycles. The maximum atomic E-state index is 10.9. The van der Waals surface area contributed by atoms with Gasteiger partial charge in [0.1, 0.15) is 5.25 Å². The summed E-state index contributed by atoms with van der Waals surface area (Å²) in [7, 11) is 0.0939. The summed E-state index contributed by atoms with van der Waals surface area (Å²) in [6.45, 7) is 0. The normalized spacial score (nSPS) is 45.8. The molecule has 0 amide bonds. The Labute approximate surface area is 82.8 Å². The monoisotopic (exact) mass is 250 g/mol. The van der Waals surface area contributed by atoms with Crippen LogP contribution in [0.4, 0.5) is 0 Å². The Kier molecular flexibility index (Phi) is 3.16. The lowest BCUT2D eigenvalue weighted by Gasteiger charge is -2.31.